The number of ether oxygens (including phenoxy) is 2. The molecule has 150 valence electrons. The van der Waals surface area contributed by atoms with E-state index < -0.39 is 0 Å². The highest BCUT2D eigenvalue weighted by Gasteiger charge is 2.16. The molecule has 0 unspecified atom stereocenters. The van der Waals surface area contributed by atoms with Crippen molar-refractivity contribution in [1.29, 1.82) is 0 Å². The van der Waals surface area contributed by atoms with Crippen LogP contribution >= 0.6 is 23.1 Å². The van der Waals surface area contributed by atoms with Gasteiger partial charge >= 0.3 is 0 Å². The van der Waals surface area contributed by atoms with Crippen LogP contribution in [0, 0.1) is 0 Å². The third-order valence-electron chi connectivity index (χ3n) is 4.18. The second-order valence-electron chi connectivity index (χ2n) is 6.25. The largest absolute Gasteiger partial charge is 0.486 e. The molecule has 2 aromatic heterocycles. The Morgan fingerprint density at radius 1 is 1.28 bits per heavy atom. The van der Waals surface area contributed by atoms with E-state index in [9.17, 15) is 4.79 Å². The zero-order valence-corrected chi connectivity index (χ0v) is 17.3. The maximum atomic E-state index is 12.4. The van der Waals surface area contributed by atoms with Gasteiger partial charge in [0.05, 0.1) is 5.75 Å². The molecular formula is C20H20N4O3S2. The summed E-state index contributed by atoms with van der Waals surface area (Å²) in [6.45, 7) is 5.46. The Hall–Kier alpha value is -2.78. The van der Waals surface area contributed by atoms with E-state index in [2.05, 4.69) is 28.2 Å². The maximum Gasteiger partial charge on any atom is 0.234 e. The first-order valence-corrected chi connectivity index (χ1v) is 11.0. The smallest absolute Gasteiger partial charge is 0.234 e. The van der Waals surface area contributed by atoms with E-state index in [-0.39, 0.29) is 11.7 Å². The highest BCUT2D eigenvalue weighted by Crippen LogP contribution is 2.32. The predicted molar refractivity (Wildman–Crippen MR) is 114 cm³/mol. The zero-order valence-electron chi connectivity index (χ0n) is 15.7. The molecule has 7 nitrogen and oxygen atoms in total. The normalized spacial score (nSPS) is 12.6. The van der Waals surface area contributed by atoms with Crippen molar-refractivity contribution in [3.8, 4) is 11.5 Å². The van der Waals surface area contributed by atoms with Crippen molar-refractivity contribution in [3.05, 3.63) is 59.1 Å². The standard InChI is InChI=1S/C20H20N4O3S2/c1-2-7-24-18(12-15-4-3-10-28-15)22-23-20(24)29-13-19(25)21-14-5-6-16-17(11-14)27-9-8-26-16/h2-6,10-11H,1,7-9,12-13H2,(H,21,25). The summed E-state index contributed by atoms with van der Waals surface area (Å²) in [6.07, 6.45) is 2.52. The molecule has 1 amide bonds. The number of rotatable bonds is 8. The average Bonchev–Trinajstić information content (AvgIpc) is 3.38. The van der Waals surface area contributed by atoms with Crippen molar-refractivity contribution in [2.75, 3.05) is 24.3 Å². The number of carbonyl (C=O) groups excluding carboxylic acids is 1. The second-order valence-corrected chi connectivity index (χ2v) is 8.22. The molecule has 0 atom stereocenters. The highest BCUT2D eigenvalue weighted by atomic mass is 32.2. The lowest BCUT2D eigenvalue weighted by molar-refractivity contribution is -0.113. The van der Waals surface area contributed by atoms with E-state index in [1.807, 2.05) is 16.0 Å². The zero-order chi connectivity index (χ0) is 20.1. The highest BCUT2D eigenvalue weighted by molar-refractivity contribution is 7.99. The monoisotopic (exact) mass is 428 g/mol. The Morgan fingerprint density at radius 2 is 2.14 bits per heavy atom. The van der Waals surface area contributed by atoms with Gasteiger partial charge in [-0.15, -0.1) is 28.1 Å². The van der Waals surface area contributed by atoms with E-state index in [1.165, 1.54) is 16.6 Å². The van der Waals surface area contributed by atoms with Gasteiger partial charge in [-0.05, 0) is 23.6 Å². The molecule has 29 heavy (non-hydrogen) atoms. The van der Waals surface area contributed by atoms with Gasteiger partial charge in [0.2, 0.25) is 5.91 Å². The van der Waals surface area contributed by atoms with Gasteiger partial charge in [0, 0.05) is 29.6 Å². The van der Waals surface area contributed by atoms with Crippen molar-refractivity contribution in [2.45, 2.75) is 18.1 Å². The van der Waals surface area contributed by atoms with Gasteiger partial charge in [0.1, 0.15) is 19.0 Å². The third kappa shape index (κ3) is 4.80. The topological polar surface area (TPSA) is 78.3 Å². The molecular weight excluding hydrogens is 408 g/mol. The van der Waals surface area contributed by atoms with Gasteiger partial charge in [-0.25, -0.2) is 0 Å². The van der Waals surface area contributed by atoms with Crippen LogP contribution in [0.25, 0.3) is 0 Å². The number of amides is 1. The van der Waals surface area contributed by atoms with E-state index in [4.69, 9.17) is 9.47 Å². The molecule has 0 bridgehead atoms. The number of thiophene rings is 1. The minimum Gasteiger partial charge on any atom is -0.486 e. The molecule has 1 aliphatic rings. The van der Waals surface area contributed by atoms with Crippen LogP contribution < -0.4 is 14.8 Å². The number of benzene rings is 1. The molecule has 1 N–H and O–H groups in total. The van der Waals surface area contributed by atoms with E-state index in [0.717, 1.165) is 5.82 Å². The molecule has 0 fully saturated rings. The van der Waals surface area contributed by atoms with Gasteiger partial charge in [-0.1, -0.05) is 23.9 Å². The Bertz CT molecular complexity index is 1000. The van der Waals surface area contributed by atoms with E-state index in [0.29, 0.717) is 48.5 Å². The first kappa shape index (κ1) is 19.5. The van der Waals surface area contributed by atoms with Crippen LogP contribution in [0.5, 0.6) is 11.5 Å². The summed E-state index contributed by atoms with van der Waals surface area (Å²) in [5.74, 6) is 2.30. The molecule has 0 radical (unpaired) electrons. The van der Waals surface area contributed by atoms with Crippen LogP contribution in [0.4, 0.5) is 5.69 Å². The maximum absolute atomic E-state index is 12.4. The molecule has 1 aromatic carbocycles. The van der Waals surface area contributed by atoms with Crippen LogP contribution in [-0.2, 0) is 17.8 Å². The van der Waals surface area contributed by atoms with Gasteiger partial charge in [0.25, 0.3) is 0 Å². The summed E-state index contributed by atoms with van der Waals surface area (Å²) >= 11 is 3.04. The van der Waals surface area contributed by atoms with Gasteiger partial charge in [0.15, 0.2) is 16.7 Å². The Labute approximate surface area is 176 Å². The molecule has 0 saturated carbocycles. The third-order valence-corrected chi connectivity index (χ3v) is 6.02. The molecule has 4 rings (SSSR count). The van der Waals surface area contributed by atoms with Crippen molar-refractivity contribution >= 4 is 34.7 Å². The molecule has 0 spiro atoms. The number of carbonyl (C=O) groups is 1. The molecule has 1 aliphatic heterocycles. The molecule has 3 aromatic rings. The number of thioether (sulfide) groups is 1. The van der Waals surface area contributed by atoms with Crippen molar-refractivity contribution in [1.82, 2.24) is 14.8 Å². The van der Waals surface area contributed by atoms with Gasteiger partial charge in [-0.3, -0.25) is 4.79 Å². The number of fused-ring (bicyclic) bond motifs is 1. The quantitative estimate of drug-likeness (QED) is 0.436. The van der Waals surface area contributed by atoms with Crippen LogP contribution in [0.2, 0.25) is 0 Å². The van der Waals surface area contributed by atoms with Crippen molar-refractivity contribution in [2.24, 2.45) is 0 Å². The number of hydrogen-bond acceptors (Lipinski definition) is 7. The molecule has 0 aliphatic carbocycles. The van der Waals surface area contributed by atoms with E-state index >= 15 is 0 Å². The summed E-state index contributed by atoms with van der Waals surface area (Å²) in [7, 11) is 0. The molecule has 0 saturated heterocycles. The van der Waals surface area contributed by atoms with Gasteiger partial charge < -0.3 is 19.4 Å². The molecule has 3 heterocycles. The fourth-order valence-electron chi connectivity index (χ4n) is 2.89. The lowest BCUT2D eigenvalue weighted by Gasteiger charge is -2.19. The summed E-state index contributed by atoms with van der Waals surface area (Å²) in [5, 5.41) is 14.2. The second kappa shape index (κ2) is 9.15. The Kier molecular flexibility index (Phi) is 6.16. The Balaban J connectivity index is 1.38. The number of anilines is 1. The lowest BCUT2D eigenvalue weighted by atomic mass is 10.2. The summed E-state index contributed by atoms with van der Waals surface area (Å²) in [4.78, 5) is 13.6. The lowest BCUT2D eigenvalue weighted by Crippen LogP contribution is -2.17. The van der Waals surface area contributed by atoms with Crippen molar-refractivity contribution in [3.63, 3.8) is 0 Å². The molecule has 9 heteroatoms. The summed E-state index contributed by atoms with van der Waals surface area (Å²) in [6, 6.07) is 9.47. The number of nitrogens with one attached hydrogen (secondary N) is 1. The first-order valence-electron chi connectivity index (χ1n) is 9.10. The van der Waals surface area contributed by atoms with E-state index in [1.54, 1.807) is 35.6 Å². The number of allylic oxidation sites excluding steroid dienone is 1. The van der Waals surface area contributed by atoms with Gasteiger partial charge in [-0.2, -0.15) is 0 Å². The predicted octanol–water partition coefficient (Wildman–Crippen LogP) is 3.62. The van der Waals surface area contributed by atoms with Crippen LogP contribution in [0.3, 0.4) is 0 Å². The fraction of sp³-hybridized carbons (Fsp3) is 0.250. The average molecular weight is 429 g/mol. The van der Waals surface area contributed by atoms with Crippen molar-refractivity contribution < 1.29 is 14.3 Å². The fourth-order valence-corrected chi connectivity index (χ4v) is 4.35. The Morgan fingerprint density at radius 3 is 2.93 bits per heavy atom. The number of hydrogen-bond donors (Lipinski definition) is 1. The minimum atomic E-state index is -0.125. The first-order chi connectivity index (χ1) is 14.2. The summed E-state index contributed by atoms with van der Waals surface area (Å²) < 4.78 is 13.0. The van der Waals surface area contributed by atoms with Crippen LogP contribution in [0.1, 0.15) is 10.7 Å². The van der Waals surface area contributed by atoms with Crippen LogP contribution in [0.15, 0.2) is 53.5 Å². The SMILES string of the molecule is C=CCn1c(Cc2cccs2)nnc1SCC(=O)Nc1ccc2c(c1)OCCO2. The summed E-state index contributed by atoms with van der Waals surface area (Å²) in [5.41, 5.74) is 0.672. The number of nitrogens with zero attached hydrogens (tertiary/aromatic N) is 3. The number of aromatic nitrogens is 3. The minimum absolute atomic E-state index is 0.125. The van der Waals surface area contributed by atoms with Crippen LogP contribution in [-0.4, -0.2) is 39.6 Å².